The minimum absolute atomic E-state index is 0.0508. The Hall–Kier alpha value is -4.35. The second-order valence-electron chi connectivity index (χ2n) is 12.4. The summed E-state index contributed by atoms with van der Waals surface area (Å²) >= 11 is 0. The summed E-state index contributed by atoms with van der Waals surface area (Å²) in [7, 11) is 2.98. The van der Waals surface area contributed by atoms with E-state index >= 15 is 0 Å². The van der Waals surface area contributed by atoms with Gasteiger partial charge in [0, 0.05) is 24.2 Å². The Kier molecular flexibility index (Phi) is 8.32. The van der Waals surface area contributed by atoms with Crippen molar-refractivity contribution in [1.29, 1.82) is 0 Å². The van der Waals surface area contributed by atoms with Crippen LogP contribution in [0.3, 0.4) is 0 Å². The molecule has 3 fully saturated rings. The second-order valence-corrected chi connectivity index (χ2v) is 12.4. The van der Waals surface area contributed by atoms with E-state index in [-0.39, 0.29) is 29.9 Å². The minimum Gasteiger partial charge on any atom is -0.496 e. The number of anilines is 1. The van der Waals surface area contributed by atoms with Gasteiger partial charge in [-0.05, 0) is 81.3 Å². The first kappa shape index (κ1) is 31.6. The van der Waals surface area contributed by atoms with Gasteiger partial charge in [0.2, 0.25) is 5.95 Å². The van der Waals surface area contributed by atoms with Crippen LogP contribution in [0.2, 0.25) is 0 Å². The highest BCUT2D eigenvalue weighted by Crippen LogP contribution is 2.46. The number of amides is 1. The van der Waals surface area contributed by atoms with Gasteiger partial charge in [0.25, 0.3) is 0 Å². The molecule has 0 unspecified atom stereocenters. The van der Waals surface area contributed by atoms with E-state index in [2.05, 4.69) is 4.90 Å². The van der Waals surface area contributed by atoms with Crippen LogP contribution in [-0.2, 0) is 27.0 Å². The van der Waals surface area contributed by atoms with Crippen molar-refractivity contribution in [3.63, 3.8) is 0 Å². The zero-order valence-electron chi connectivity index (χ0n) is 26.5. The number of aromatic nitrogens is 2. The Balaban J connectivity index is 1.37. The third kappa shape index (κ3) is 5.85. The summed E-state index contributed by atoms with van der Waals surface area (Å²) in [5, 5.41) is 0. The van der Waals surface area contributed by atoms with Crippen molar-refractivity contribution in [3.05, 3.63) is 70.0 Å². The van der Waals surface area contributed by atoms with Crippen LogP contribution in [0.1, 0.15) is 71.8 Å². The molecule has 0 N–H and O–H groups in total. The SMILES string of the molecule is COc1ccc([C@H]2C[C@H](C(=O)OC)C2)cc1-c1c(C)nc(N2CCC2)nc1CN1C(=O)O[C@H](c2cc(C)cc(C(F)(F)F)c2)[C@@H]1C. The molecule has 2 aromatic carbocycles. The summed E-state index contributed by atoms with van der Waals surface area (Å²) < 4.78 is 57.3. The molecule has 12 heteroatoms. The first-order chi connectivity index (χ1) is 21.9. The Labute approximate surface area is 265 Å². The largest absolute Gasteiger partial charge is 0.496 e. The quantitative estimate of drug-likeness (QED) is 0.250. The Morgan fingerprint density at radius 2 is 1.78 bits per heavy atom. The van der Waals surface area contributed by atoms with Gasteiger partial charge in [-0.25, -0.2) is 14.8 Å². The first-order valence-corrected chi connectivity index (χ1v) is 15.4. The lowest BCUT2D eigenvalue weighted by Gasteiger charge is -2.34. The predicted molar refractivity (Wildman–Crippen MR) is 163 cm³/mol. The van der Waals surface area contributed by atoms with Gasteiger partial charge in [0.05, 0.1) is 49.7 Å². The number of carbonyl (C=O) groups is 2. The van der Waals surface area contributed by atoms with E-state index in [9.17, 15) is 22.8 Å². The number of ether oxygens (including phenoxy) is 3. The first-order valence-electron chi connectivity index (χ1n) is 15.4. The predicted octanol–water partition coefficient (Wildman–Crippen LogP) is 6.75. The third-order valence-corrected chi connectivity index (χ3v) is 9.40. The molecule has 9 nitrogen and oxygen atoms in total. The zero-order valence-corrected chi connectivity index (χ0v) is 26.5. The number of carbonyl (C=O) groups excluding carboxylic acids is 2. The van der Waals surface area contributed by atoms with Gasteiger partial charge in [-0.2, -0.15) is 13.2 Å². The molecule has 6 rings (SSSR count). The molecular formula is C34H37F3N4O5. The maximum Gasteiger partial charge on any atom is 0.416 e. The minimum atomic E-state index is -4.53. The van der Waals surface area contributed by atoms with Crippen LogP contribution < -0.4 is 9.64 Å². The van der Waals surface area contributed by atoms with E-state index in [1.807, 2.05) is 25.1 Å². The number of benzene rings is 2. The van der Waals surface area contributed by atoms with E-state index in [0.717, 1.165) is 42.8 Å². The Morgan fingerprint density at radius 1 is 1.04 bits per heavy atom. The molecular weight excluding hydrogens is 601 g/mol. The molecule has 0 bridgehead atoms. The Bertz CT molecular complexity index is 1670. The highest BCUT2D eigenvalue weighted by Gasteiger charge is 2.42. The van der Waals surface area contributed by atoms with Gasteiger partial charge in [-0.3, -0.25) is 9.69 Å². The van der Waals surface area contributed by atoms with Gasteiger partial charge in [0.15, 0.2) is 0 Å². The molecule has 2 aliphatic heterocycles. The van der Waals surface area contributed by atoms with Crippen molar-refractivity contribution in [2.75, 3.05) is 32.2 Å². The van der Waals surface area contributed by atoms with Crippen molar-refractivity contribution in [3.8, 4) is 16.9 Å². The van der Waals surface area contributed by atoms with Gasteiger partial charge < -0.3 is 19.1 Å². The van der Waals surface area contributed by atoms with Gasteiger partial charge in [-0.15, -0.1) is 0 Å². The fourth-order valence-corrected chi connectivity index (χ4v) is 6.62. The average molecular weight is 639 g/mol. The van der Waals surface area contributed by atoms with Crippen LogP contribution in [0.4, 0.5) is 23.9 Å². The summed E-state index contributed by atoms with van der Waals surface area (Å²) in [5.74, 6) is 0.995. The molecule has 0 radical (unpaired) electrons. The molecule has 244 valence electrons. The topological polar surface area (TPSA) is 94.1 Å². The number of nitrogens with zero attached hydrogens (tertiary/aromatic N) is 4. The number of halogens is 3. The smallest absolute Gasteiger partial charge is 0.416 e. The molecule has 3 aromatic rings. The van der Waals surface area contributed by atoms with Gasteiger partial charge in [0.1, 0.15) is 11.9 Å². The maximum absolute atomic E-state index is 13.6. The fraction of sp³-hybridized carbons (Fsp3) is 0.471. The lowest BCUT2D eigenvalue weighted by atomic mass is 9.71. The zero-order chi connectivity index (χ0) is 32.9. The number of hydrogen-bond acceptors (Lipinski definition) is 8. The van der Waals surface area contributed by atoms with Crippen molar-refractivity contribution in [2.45, 2.75) is 70.8 Å². The number of alkyl halides is 3. The highest BCUT2D eigenvalue weighted by atomic mass is 19.4. The summed E-state index contributed by atoms with van der Waals surface area (Å²) in [6.07, 6.45) is -3.67. The molecule has 2 saturated heterocycles. The van der Waals surface area contributed by atoms with Crippen LogP contribution in [0.5, 0.6) is 5.75 Å². The lowest BCUT2D eigenvalue weighted by molar-refractivity contribution is -0.148. The normalized spacial score (nSPS) is 22.7. The van der Waals surface area contributed by atoms with Gasteiger partial charge in [-0.1, -0.05) is 17.7 Å². The van der Waals surface area contributed by atoms with E-state index in [1.54, 1.807) is 27.0 Å². The number of cyclic esters (lactones) is 1. The summed E-state index contributed by atoms with van der Waals surface area (Å²) in [5.41, 5.74) is 3.73. The van der Waals surface area contributed by atoms with Gasteiger partial charge >= 0.3 is 18.2 Å². The van der Waals surface area contributed by atoms with Crippen LogP contribution in [0.25, 0.3) is 11.1 Å². The molecule has 1 aliphatic carbocycles. The molecule has 3 aliphatic rings. The van der Waals surface area contributed by atoms with E-state index < -0.39 is 30.0 Å². The monoisotopic (exact) mass is 638 g/mol. The second kappa shape index (κ2) is 12.1. The maximum atomic E-state index is 13.6. The number of aryl methyl sites for hydroxylation is 2. The molecule has 46 heavy (non-hydrogen) atoms. The van der Waals surface area contributed by atoms with Crippen molar-refractivity contribution in [1.82, 2.24) is 14.9 Å². The molecule has 1 amide bonds. The van der Waals surface area contributed by atoms with Crippen LogP contribution in [-0.4, -0.2) is 60.3 Å². The van der Waals surface area contributed by atoms with E-state index in [1.165, 1.54) is 12.0 Å². The van der Waals surface area contributed by atoms with E-state index in [4.69, 9.17) is 24.2 Å². The van der Waals surface area contributed by atoms with Crippen LogP contribution >= 0.6 is 0 Å². The number of hydrogen-bond donors (Lipinski definition) is 0. The number of esters is 1. The van der Waals surface area contributed by atoms with Crippen molar-refractivity contribution < 1.29 is 37.0 Å². The number of methoxy groups -OCH3 is 2. The lowest BCUT2D eigenvalue weighted by Crippen LogP contribution is -2.39. The summed E-state index contributed by atoms with van der Waals surface area (Å²) in [6, 6.07) is 9.09. The number of rotatable bonds is 8. The molecule has 3 heterocycles. The Morgan fingerprint density at radius 3 is 2.41 bits per heavy atom. The molecule has 1 aromatic heterocycles. The molecule has 1 saturated carbocycles. The van der Waals surface area contributed by atoms with Crippen molar-refractivity contribution >= 4 is 18.0 Å². The fourth-order valence-electron chi connectivity index (χ4n) is 6.62. The summed E-state index contributed by atoms with van der Waals surface area (Å²) in [4.78, 5) is 38.7. The third-order valence-electron chi connectivity index (χ3n) is 9.40. The highest BCUT2D eigenvalue weighted by molar-refractivity contribution is 5.78. The standard InChI is InChI=1S/C34H37F3N4O5/c1-18-11-23(15-25(12-18)34(35,36)37)30-20(3)41(33(43)46-30)17-27-29(19(2)38-32(39-27)40-9-6-10-40)26-16-21(7-8-28(26)44-4)22-13-24(14-22)31(42)45-5/h7-8,11-12,15-16,20,22,24,30H,6,9-10,13-14,17H2,1-5H3/t20-,22-,24-,30-/m0/s1. The molecule has 2 atom stereocenters. The molecule has 0 spiro atoms. The van der Waals surface area contributed by atoms with Crippen molar-refractivity contribution in [2.24, 2.45) is 5.92 Å². The summed E-state index contributed by atoms with van der Waals surface area (Å²) in [6.45, 7) is 6.94. The van der Waals surface area contributed by atoms with Crippen LogP contribution in [0, 0.1) is 19.8 Å². The van der Waals surface area contributed by atoms with E-state index in [0.29, 0.717) is 47.1 Å². The average Bonchev–Trinajstić information content (AvgIpc) is 3.23. The van der Waals surface area contributed by atoms with Crippen LogP contribution in [0.15, 0.2) is 36.4 Å².